The molecular weight excluding hydrogens is 597 g/mol. The molecule has 10 rings (SSSR count). The normalized spacial score (nSPS) is 27.9. The highest BCUT2D eigenvalue weighted by atomic mass is 28.3. The molecule has 0 amide bonds. The van der Waals surface area contributed by atoms with Crippen LogP contribution in [0.25, 0.3) is 0 Å². The van der Waals surface area contributed by atoms with Crippen LogP contribution in [0.1, 0.15) is 67.3 Å². The molecule has 5 heteroatoms. The molecule has 0 N–H and O–H groups in total. The van der Waals surface area contributed by atoms with Gasteiger partial charge in [0.15, 0.2) is 0 Å². The van der Waals surface area contributed by atoms with E-state index in [-0.39, 0.29) is 24.1 Å². The maximum atomic E-state index is 5.15. The molecule has 2 heterocycles. The van der Waals surface area contributed by atoms with Crippen LogP contribution in [0, 0.1) is 17.8 Å². The molecule has 0 unspecified atom stereocenters. The summed E-state index contributed by atoms with van der Waals surface area (Å²) in [4.78, 5) is 10.8. The molecule has 240 valence electrons. The highest BCUT2D eigenvalue weighted by molar-refractivity contribution is 7.40. The summed E-state index contributed by atoms with van der Waals surface area (Å²) in [7, 11) is -2.29. The summed E-state index contributed by atoms with van der Waals surface area (Å²) in [5, 5.41) is 1.48. The van der Waals surface area contributed by atoms with Gasteiger partial charge in [0, 0.05) is 11.9 Å². The second-order valence-electron chi connectivity index (χ2n) is 15.9. The van der Waals surface area contributed by atoms with Crippen LogP contribution < -0.4 is 14.8 Å². The van der Waals surface area contributed by atoms with E-state index in [1.165, 1.54) is 60.5 Å². The first-order valence-electron chi connectivity index (χ1n) is 18.2. The molecule has 5 fully saturated rings. The van der Waals surface area contributed by atoms with E-state index >= 15 is 0 Å². The van der Waals surface area contributed by atoms with Crippen molar-refractivity contribution >= 4 is 31.2 Å². The van der Waals surface area contributed by atoms with Gasteiger partial charge in [0.05, 0.1) is 12.1 Å². The second-order valence-corrected chi connectivity index (χ2v) is 20.4. The van der Waals surface area contributed by atoms with Gasteiger partial charge in [0.25, 0.3) is 0 Å². The van der Waals surface area contributed by atoms with Crippen molar-refractivity contribution in [1.29, 1.82) is 0 Å². The first-order valence-corrected chi connectivity index (χ1v) is 21.3. The molecule has 48 heavy (non-hydrogen) atoms. The minimum absolute atomic E-state index is 0.0772. The lowest BCUT2D eigenvalue weighted by molar-refractivity contribution is -0.00494. The molecule has 5 aliphatic rings. The Balaban J connectivity index is 1.33. The topological polar surface area (TPSA) is 19.4 Å². The number of anilines is 2. The molecule has 1 aromatic heterocycles. The Bertz CT molecular complexity index is 1830. The Morgan fingerprint density at radius 2 is 1.08 bits per heavy atom. The molecule has 1 saturated heterocycles. The maximum Gasteiger partial charge on any atom is 0.363 e. The average molecular weight is 644 g/mol. The smallest absolute Gasteiger partial charge is 0.363 e. The lowest BCUT2D eigenvalue weighted by Gasteiger charge is -2.58. The largest absolute Gasteiger partial charge is 0.389 e. The van der Waals surface area contributed by atoms with Gasteiger partial charge in [-0.15, -0.1) is 0 Å². The fourth-order valence-corrected chi connectivity index (χ4v) is 14.4. The summed E-state index contributed by atoms with van der Waals surface area (Å²) in [6.45, 7) is 5.32. The Morgan fingerprint density at radius 1 is 0.583 bits per heavy atom. The number of rotatable bonds is 7. The fourth-order valence-electron chi connectivity index (χ4n) is 11.1. The van der Waals surface area contributed by atoms with Gasteiger partial charge in [-0.05, 0) is 96.6 Å². The Hall–Kier alpha value is -4.09. The molecule has 0 radical (unpaired) electrons. The number of para-hydroxylation sites is 1. The predicted molar refractivity (Wildman–Crippen MR) is 203 cm³/mol. The number of hydrogen-bond donors (Lipinski definition) is 0. The SMILES string of the molecule is C[Si](C)(B1N(c2ccccn2)[C@@H](c2ccccc2)[C@H](c2ccccc2)N1c1ccccc1C12CC3CC(CC(C3)C1)C2)c1ccccc1. The molecule has 0 spiro atoms. The van der Waals surface area contributed by atoms with Crippen molar-refractivity contribution in [3.8, 4) is 0 Å². The summed E-state index contributed by atoms with van der Waals surface area (Å²) in [5.74, 6) is 3.73. The molecular formula is C43H46BN3Si. The van der Waals surface area contributed by atoms with E-state index in [9.17, 15) is 0 Å². The predicted octanol–water partition coefficient (Wildman–Crippen LogP) is 9.54. The summed E-state index contributed by atoms with van der Waals surface area (Å²) >= 11 is 0. The van der Waals surface area contributed by atoms with Crippen LogP contribution in [0.3, 0.4) is 0 Å². The van der Waals surface area contributed by atoms with Crippen molar-refractivity contribution in [2.75, 3.05) is 9.62 Å². The molecule has 1 aliphatic heterocycles. The van der Waals surface area contributed by atoms with Crippen molar-refractivity contribution < 1.29 is 0 Å². The molecule has 2 atom stereocenters. The van der Waals surface area contributed by atoms with Crippen molar-refractivity contribution in [3.05, 3.63) is 156 Å². The van der Waals surface area contributed by atoms with Crippen LogP contribution in [-0.2, 0) is 5.41 Å². The van der Waals surface area contributed by atoms with E-state index in [2.05, 4.69) is 156 Å². The quantitative estimate of drug-likeness (QED) is 0.165. The minimum atomic E-state index is -2.29. The van der Waals surface area contributed by atoms with Crippen LogP contribution in [0.2, 0.25) is 13.1 Å². The van der Waals surface area contributed by atoms with Crippen molar-refractivity contribution in [2.45, 2.75) is 69.1 Å². The van der Waals surface area contributed by atoms with Gasteiger partial charge in [-0.3, -0.25) is 0 Å². The van der Waals surface area contributed by atoms with Crippen LogP contribution in [0.5, 0.6) is 0 Å². The molecule has 4 saturated carbocycles. The summed E-state index contributed by atoms with van der Waals surface area (Å²) in [6.07, 6.45) is 10.4. The third-order valence-electron chi connectivity index (χ3n) is 12.6. The molecule has 5 aromatic rings. The summed E-state index contributed by atoms with van der Waals surface area (Å²) < 4.78 is 0. The lowest BCUT2D eigenvalue weighted by atomic mass is 9.48. The van der Waals surface area contributed by atoms with E-state index in [0.29, 0.717) is 0 Å². The number of hydrogen-bond acceptors (Lipinski definition) is 3. The molecule has 4 aliphatic carbocycles. The number of benzene rings is 4. The van der Waals surface area contributed by atoms with Crippen LogP contribution in [0.4, 0.5) is 11.5 Å². The summed E-state index contributed by atoms with van der Waals surface area (Å²) in [5.41, 5.74) is 6.05. The Labute approximate surface area is 288 Å². The number of pyridine rings is 1. The van der Waals surface area contributed by atoms with E-state index in [1.54, 1.807) is 5.56 Å². The zero-order valence-electron chi connectivity index (χ0n) is 28.3. The van der Waals surface area contributed by atoms with E-state index in [1.807, 2.05) is 6.20 Å². The minimum Gasteiger partial charge on any atom is -0.389 e. The third-order valence-corrected chi connectivity index (χ3v) is 16.2. The van der Waals surface area contributed by atoms with Crippen LogP contribution >= 0.6 is 0 Å². The monoisotopic (exact) mass is 643 g/mol. The maximum absolute atomic E-state index is 5.15. The van der Waals surface area contributed by atoms with E-state index < -0.39 is 7.94 Å². The average Bonchev–Trinajstić information content (AvgIpc) is 3.50. The van der Waals surface area contributed by atoms with Crippen LogP contribution in [-0.4, -0.2) is 19.5 Å². The lowest BCUT2D eigenvalue weighted by Crippen LogP contribution is -2.68. The van der Waals surface area contributed by atoms with E-state index in [0.717, 1.165) is 23.6 Å². The van der Waals surface area contributed by atoms with Crippen LogP contribution in [0.15, 0.2) is 140 Å². The highest BCUT2D eigenvalue weighted by Crippen LogP contribution is 2.63. The second kappa shape index (κ2) is 11.8. The Kier molecular flexibility index (Phi) is 7.38. The molecule has 3 nitrogen and oxygen atoms in total. The van der Waals surface area contributed by atoms with Gasteiger partial charge >= 0.3 is 6.57 Å². The third kappa shape index (κ3) is 4.88. The van der Waals surface area contributed by atoms with Crippen molar-refractivity contribution in [3.63, 3.8) is 0 Å². The first-order chi connectivity index (χ1) is 23.5. The molecule has 4 aromatic carbocycles. The van der Waals surface area contributed by atoms with Gasteiger partial charge in [-0.2, -0.15) is 0 Å². The first kappa shape index (κ1) is 30.0. The van der Waals surface area contributed by atoms with Gasteiger partial charge in [-0.1, -0.05) is 134 Å². The standard InChI is InChI=1S/C43H46BN3Si/c1-48(2,37-20-10-5-11-21-37)44-46(39-23-13-12-22-38(39)43-29-32-26-33(30-43)28-34(27-32)31-43)41(35-16-6-3-7-17-35)42(36-18-8-4-9-19-36)47(44)40-24-14-15-25-45-40/h3-25,32-34,41-42H,26-31H2,1-2H3/t32?,33?,34?,41-,42-,43?/m0/s1. The zero-order valence-corrected chi connectivity index (χ0v) is 29.3. The molecule has 4 bridgehead atoms. The number of aromatic nitrogens is 1. The van der Waals surface area contributed by atoms with Crippen molar-refractivity contribution in [1.82, 2.24) is 4.98 Å². The Morgan fingerprint density at radius 3 is 1.65 bits per heavy atom. The summed E-state index contributed by atoms with van der Waals surface area (Å²) in [6, 6.07) is 50.4. The highest BCUT2D eigenvalue weighted by Gasteiger charge is 2.60. The van der Waals surface area contributed by atoms with Gasteiger partial charge in [-0.25, -0.2) is 4.98 Å². The fraction of sp³-hybridized carbons (Fsp3) is 0.326. The zero-order chi connectivity index (χ0) is 32.3. The van der Waals surface area contributed by atoms with Gasteiger partial charge < -0.3 is 9.62 Å². The van der Waals surface area contributed by atoms with Gasteiger partial charge in [0.1, 0.15) is 13.8 Å². The number of nitrogens with zero attached hydrogens (tertiary/aromatic N) is 3. The van der Waals surface area contributed by atoms with Crippen molar-refractivity contribution in [2.24, 2.45) is 17.8 Å². The van der Waals surface area contributed by atoms with Gasteiger partial charge in [0.2, 0.25) is 0 Å². The van der Waals surface area contributed by atoms with E-state index in [4.69, 9.17) is 4.98 Å².